The Balaban J connectivity index is 1.50. The second kappa shape index (κ2) is 6.93. The highest BCUT2D eigenvalue weighted by Gasteiger charge is 2.49. The zero-order chi connectivity index (χ0) is 19.1. The van der Waals surface area contributed by atoms with E-state index >= 15 is 0 Å². The van der Waals surface area contributed by atoms with E-state index in [2.05, 4.69) is 16.7 Å². The predicted octanol–water partition coefficient (Wildman–Crippen LogP) is 1.50. The van der Waals surface area contributed by atoms with Gasteiger partial charge in [0, 0.05) is 30.6 Å². The molecule has 3 N–H and O–H groups in total. The van der Waals surface area contributed by atoms with Gasteiger partial charge in [0.2, 0.25) is 5.91 Å². The maximum atomic E-state index is 12.9. The third-order valence-corrected chi connectivity index (χ3v) is 6.24. The van der Waals surface area contributed by atoms with Crippen LogP contribution in [0.15, 0.2) is 30.5 Å². The first-order valence-corrected chi connectivity index (χ1v) is 9.78. The first kappa shape index (κ1) is 18.5. The summed E-state index contributed by atoms with van der Waals surface area (Å²) >= 11 is 0. The molecule has 2 atom stereocenters. The molecule has 6 nitrogen and oxygen atoms in total. The lowest BCUT2D eigenvalue weighted by atomic mass is 9.75. The molecule has 1 aromatic heterocycles. The summed E-state index contributed by atoms with van der Waals surface area (Å²) in [6, 6.07) is 8.10. The van der Waals surface area contributed by atoms with Gasteiger partial charge in [-0.05, 0) is 44.5 Å². The fraction of sp³-hybridized carbons (Fsp3) is 0.571. The summed E-state index contributed by atoms with van der Waals surface area (Å²) in [4.78, 5) is 12.9. The number of benzene rings is 1. The Hall–Kier alpha value is -1.89. The lowest BCUT2D eigenvalue weighted by Gasteiger charge is -2.50. The van der Waals surface area contributed by atoms with Crippen LogP contribution in [0.1, 0.15) is 31.7 Å². The first-order valence-electron chi connectivity index (χ1n) is 9.78. The summed E-state index contributed by atoms with van der Waals surface area (Å²) in [6.45, 7) is 4.04. The first-order chi connectivity index (χ1) is 12.9. The van der Waals surface area contributed by atoms with Crippen molar-refractivity contribution in [3.05, 3.63) is 36.0 Å². The number of carbonyl (C=O) groups excluding carboxylic acids is 1. The van der Waals surface area contributed by atoms with Gasteiger partial charge < -0.3 is 25.0 Å². The van der Waals surface area contributed by atoms with Gasteiger partial charge in [0.05, 0.1) is 24.2 Å². The maximum absolute atomic E-state index is 12.9. The van der Waals surface area contributed by atoms with E-state index in [9.17, 15) is 9.90 Å². The number of aryl methyl sites for hydroxylation is 1. The number of aliphatic hydroxyl groups is 1. The number of hydrogen-bond donors (Lipinski definition) is 3. The molecule has 27 heavy (non-hydrogen) atoms. The van der Waals surface area contributed by atoms with Gasteiger partial charge in [0.1, 0.15) is 6.10 Å². The van der Waals surface area contributed by atoms with Gasteiger partial charge >= 0.3 is 0 Å². The second-order valence-corrected chi connectivity index (χ2v) is 8.36. The molecule has 6 heteroatoms. The number of ether oxygens (including phenoxy) is 1. The van der Waals surface area contributed by atoms with E-state index in [0.29, 0.717) is 12.8 Å². The number of aromatic nitrogens is 1. The van der Waals surface area contributed by atoms with E-state index < -0.39 is 11.6 Å². The van der Waals surface area contributed by atoms with E-state index in [1.807, 2.05) is 42.9 Å². The van der Waals surface area contributed by atoms with Gasteiger partial charge in [0.25, 0.3) is 0 Å². The van der Waals surface area contributed by atoms with E-state index in [1.165, 1.54) is 0 Å². The van der Waals surface area contributed by atoms with Crippen molar-refractivity contribution >= 4 is 16.8 Å². The van der Waals surface area contributed by atoms with E-state index in [4.69, 9.17) is 4.74 Å². The fourth-order valence-electron chi connectivity index (χ4n) is 4.71. The number of piperidine rings is 1. The number of fused-ring (bicyclic) bond motifs is 1. The summed E-state index contributed by atoms with van der Waals surface area (Å²) < 4.78 is 8.08. The van der Waals surface area contributed by atoms with Crippen molar-refractivity contribution in [1.29, 1.82) is 0 Å². The molecular weight excluding hydrogens is 342 g/mol. The highest BCUT2D eigenvalue weighted by molar-refractivity contribution is 5.89. The van der Waals surface area contributed by atoms with Gasteiger partial charge in [-0.15, -0.1) is 0 Å². The highest BCUT2D eigenvalue weighted by Crippen LogP contribution is 2.38. The fourth-order valence-corrected chi connectivity index (χ4v) is 4.71. The minimum Gasteiger partial charge on any atom is -0.388 e. The Morgan fingerprint density at radius 1 is 1.37 bits per heavy atom. The molecule has 0 bridgehead atoms. The zero-order valence-corrected chi connectivity index (χ0v) is 16.1. The van der Waals surface area contributed by atoms with Crippen molar-refractivity contribution < 1.29 is 14.6 Å². The number of carbonyl (C=O) groups is 1. The second-order valence-electron chi connectivity index (χ2n) is 8.36. The number of rotatable bonds is 3. The van der Waals surface area contributed by atoms with Crippen LogP contribution in [0, 0.1) is 0 Å². The Morgan fingerprint density at radius 2 is 2.11 bits per heavy atom. The standard InChI is InChI=1S/C21H29N3O3/c1-20(14-21(27-13-18(20)25)7-9-22-10-8-21)23-19(26)11-15-12-24(2)17-6-4-3-5-16(15)17/h3-6,12,18,22,25H,7-11,13-14H2,1-2H3,(H,23,26)/t18-,20-/m0/s1. The van der Waals surface area contributed by atoms with Crippen LogP contribution < -0.4 is 10.6 Å². The molecule has 0 saturated carbocycles. The quantitative estimate of drug-likeness (QED) is 0.764. The summed E-state index contributed by atoms with van der Waals surface area (Å²) in [5.41, 5.74) is 1.21. The monoisotopic (exact) mass is 371 g/mol. The van der Waals surface area contributed by atoms with Crippen molar-refractivity contribution in [3.63, 3.8) is 0 Å². The molecule has 3 heterocycles. The van der Waals surface area contributed by atoms with Crippen LogP contribution in [0.4, 0.5) is 0 Å². The maximum Gasteiger partial charge on any atom is 0.225 e. The average molecular weight is 371 g/mol. The summed E-state index contributed by atoms with van der Waals surface area (Å²) in [6.07, 6.45) is 4.09. The van der Waals surface area contributed by atoms with E-state index in [0.717, 1.165) is 42.4 Å². The van der Waals surface area contributed by atoms with Crippen LogP contribution in [0.2, 0.25) is 0 Å². The molecule has 2 fully saturated rings. The molecular formula is C21H29N3O3. The van der Waals surface area contributed by atoms with Gasteiger partial charge in [-0.2, -0.15) is 0 Å². The van der Waals surface area contributed by atoms with Crippen molar-refractivity contribution in [3.8, 4) is 0 Å². The number of para-hydroxylation sites is 1. The largest absolute Gasteiger partial charge is 0.388 e. The topological polar surface area (TPSA) is 75.5 Å². The smallest absolute Gasteiger partial charge is 0.225 e. The van der Waals surface area contributed by atoms with Crippen molar-refractivity contribution in [2.24, 2.45) is 7.05 Å². The molecule has 2 aromatic rings. The summed E-state index contributed by atoms with van der Waals surface area (Å²) in [7, 11) is 1.99. The van der Waals surface area contributed by atoms with Crippen LogP contribution >= 0.6 is 0 Å². The van der Waals surface area contributed by atoms with Crippen LogP contribution in [-0.2, 0) is 23.0 Å². The molecule has 4 rings (SSSR count). The molecule has 146 valence electrons. The van der Waals surface area contributed by atoms with E-state index in [1.54, 1.807) is 0 Å². The third-order valence-electron chi connectivity index (χ3n) is 6.24. The lowest BCUT2D eigenvalue weighted by molar-refractivity contribution is -0.174. The summed E-state index contributed by atoms with van der Waals surface area (Å²) in [5, 5.41) is 18.2. The Bertz CT molecular complexity index is 840. The zero-order valence-electron chi connectivity index (χ0n) is 16.1. The molecule has 1 spiro atoms. The predicted molar refractivity (Wildman–Crippen MR) is 105 cm³/mol. The lowest BCUT2D eigenvalue weighted by Crippen LogP contribution is -2.65. The number of aliphatic hydroxyl groups excluding tert-OH is 1. The van der Waals surface area contributed by atoms with Crippen LogP contribution in [0.25, 0.3) is 10.9 Å². The molecule has 2 saturated heterocycles. The van der Waals surface area contributed by atoms with Gasteiger partial charge in [-0.1, -0.05) is 18.2 Å². The SMILES string of the molecule is Cn1cc(CC(=O)N[C@@]2(C)CC3(CCNCC3)OC[C@@H]2O)c2ccccc21. The number of nitrogens with one attached hydrogen (secondary N) is 2. The Kier molecular flexibility index (Phi) is 4.74. The number of nitrogens with zero attached hydrogens (tertiary/aromatic N) is 1. The minimum atomic E-state index is -0.700. The van der Waals surface area contributed by atoms with E-state index in [-0.39, 0.29) is 18.1 Å². The molecule has 0 unspecified atom stereocenters. The molecule has 1 aromatic carbocycles. The third kappa shape index (κ3) is 3.49. The van der Waals surface area contributed by atoms with Gasteiger partial charge in [0.15, 0.2) is 0 Å². The molecule has 1 amide bonds. The van der Waals surface area contributed by atoms with Gasteiger partial charge in [-0.25, -0.2) is 0 Å². The summed E-state index contributed by atoms with van der Waals surface area (Å²) in [5.74, 6) is -0.0566. The number of amides is 1. The van der Waals surface area contributed by atoms with Gasteiger partial charge in [-0.3, -0.25) is 4.79 Å². The Labute approximate surface area is 159 Å². The minimum absolute atomic E-state index is 0.0566. The molecule has 0 aliphatic carbocycles. The van der Waals surface area contributed by atoms with Crippen LogP contribution in [-0.4, -0.2) is 52.5 Å². The molecule has 0 radical (unpaired) electrons. The normalized spacial score (nSPS) is 27.7. The average Bonchev–Trinajstić information content (AvgIpc) is 2.95. The molecule has 2 aliphatic rings. The van der Waals surface area contributed by atoms with Crippen LogP contribution in [0.5, 0.6) is 0 Å². The van der Waals surface area contributed by atoms with Crippen molar-refractivity contribution in [2.45, 2.75) is 49.9 Å². The number of hydrogen-bond acceptors (Lipinski definition) is 4. The van der Waals surface area contributed by atoms with Crippen molar-refractivity contribution in [2.75, 3.05) is 19.7 Å². The van der Waals surface area contributed by atoms with Crippen LogP contribution in [0.3, 0.4) is 0 Å². The highest BCUT2D eigenvalue weighted by atomic mass is 16.5. The molecule has 2 aliphatic heterocycles. The van der Waals surface area contributed by atoms with Crippen molar-refractivity contribution in [1.82, 2.24) is 15.2 Å². The Morgan fingerprint density at radius 3 is 2.89 bits per heavy atom.